The summed E-state index contributed by atoms with van der Waals surface area (Å²) >= 11 is 0. The number of piperazine rings is 1. The van der Waals surface area contributed by atoms with Crippen molar-refractivity contribution in [3.8, 4) is 28.4 Å². The van der Waals surface area contributed by atoms with Crippen LogP contribution in [0.2, 0.25) is 0 Å². The van der Waals surface area contributed by atoms with Crippen LogP contribution in [0.1, 0.15) is 5.69 Å². The van der Waals surface area contributed by atoms with Crippen LogP contribution in [-0.4, -0.2) is 74.0 Å². The van der Waals surface area contributed by atoms with E-state index in [1.807, 2.05) is 60.7 Å². The molecule has 4 rings (SSSR count). The van der Waals surface area contributed by atoms with Crippen molar-refractivity contribution in [2.45, 2.75) is 6.42 Å². The minimum absolute atomic E-state index is 0.261. The lowest BCUT2D eigenvalue weighted by Gasteiger charge is -2.33. The molecular weight excluding hydrogens is 450 g/mol. The maximum Gasteiger partial charge on any atom is 0.279 e. The topological polar surface area (TPSA) is 90.6 Å². The predicted octanol–water partition coefficient (Wildman–Crippen LogP) is 2.93. The van der Waals surface area contributed by atoms with Gasteiger partial charge in [-0.3, -0.25) is 4.90 Å². The van der Waals surface area contributed by atoms with E-state index in [2.05, 4.69) is 21.2 Å². The number of aromatic amines is 1. The monoisotopic (exact) mass is 481 g/mol. The molecule has 1 fully saturated rings. The first-order valence-electron chi connectivity index (χ1n) is 11.4. The van der Waals surface area contributed by atoms with E-state index in [0.717, 1.165) is 40.6 Å². The lowest BCUT2D eigenvalue weighted by molar-refractivity contribution is 0.203. The molecule has 0 radical (unpaired) electrons. The second-order valence-electron chi connectivity index (χ2n) is 8.14. The van der Waals surface area contributed by atoms with Crippen LogP contribution >= 0.6 is 0 Å². The molecule has 2 heterocycles. The Labute approximate surface area is 201 Å². The zero-order chi connectivity index (χ0) is 24.0. The minimum Gasteiger partial charge on any atom is -0.497 e. The Balaban J connectivity index is 1.48. The lowest BCUT2D eigenvalue weighted by atomic mass is 10.1. The first-order chi connectivity index (χ1) is 16.5. The van der Waals surface area contributed by atoms with E-state index in [1.54, 1.807) is 7.11 Å². The van der Waals surface area contributed by atoms with E-state index in [-0.39, 0.29) is 6.54 Å². The first kappa shape index (κ1) is 24.2. The van der Waals surface area contributed by atoms with E-state index in [9.17, 15) is 8.42 Å². The molecule has 2 aromatic carbocycles. The SMILES string of the molecule is C=CCN1CCN(S(=O)(=O)NCCc2nc(-c3ccccc3)[nH]c2-c2ccc(OC)cc2)CC1. The van der Waals surface area contributed by atoms with Crippen LogP contribution < -0.4 is 9.46 Å². The summed E-state index contributed by atoms with van der Waals surface area (Å²) in [5.74, 6) is 1.52. The molecule has 3 aromatic rings. The Morgan fingerprint density at radius 3 is 2.41 bits per heavy atom. The highest BCUT2D eigenvalue weighted by Gasteiger charge is 2.26. The van der Waals surface area contributed by atoms with Gasteiger partial charge in [0, 0.05) is 56.8 Å². The molecule has 1 aliphatic heterocycles. The van der Waals surface area contributed by atoms with E-state index in [4.69, 9.17) is 9.72 Å². The number of methoxy groups -OCH3 is 1. The van der Waals surface area contributed by atoms with Crippen molar-refractivity contribution in [1.29, 1.82) is 0 Å². The van der Waals surface area contributed by atoms with Crippen molar-refractivity contribution >= 4 is 10.2 Å². The van der Waals surface area contributed by atoms with Gasteiger partial charge in [-0.05, 0) is 24.3 Å². The van der Waals surface area contributed by atoms with Gasteiger partial charge in [-0.15, -0.1) is 6.58 Å². The summed E-state index contributed by atoms with van der Waals surface area (Å²) in [5, 5.41) is 0. The van der Waals surface area contributed by atoms with E-state index < -0.39 is 10.2 Å². The number of nitrogens with zero attached hydrogens (tertiary/aromatic N) is 3. The van der Waals surface area contributed by atoms with E-state index in [0.29, 0.717) is 32.6 Å². The van der Waals surface area contributed by atoms with Crippen molar-refractivity contribution in [1.82, 2.24) is 23.9 Å². The lowest BCUT2D eigenvalue weighted by Crippen LogP contribution is -2.52. The number of nitrogens with one attached hydrogen (secondary N) is 2. The van der Waals surface area contributed by atoms with Gasteiger partial charge < -0.3 is 9.72 Å². The third-order valence-electron chi connectivity index (χ3n) is 5.91. The summed E-state index contributed by atoms with van der Waals surface area (Å²) in [4.78, 5) is 10.4. The number of aromatic nitrogens is 2. The number of hydrogen-bond donors (Lipinski definition) is 2. The molecule has 180 valence electrons. The van der Waals surface area contributed by atoms with Crippen LogP contribution in [0.3, 0.4) is 0 Å². The quantitative estimate of drug-likeness (QED) is 0.435. The molecule has 0 saturated carbocycles. The number of hydrogen-bond acceptors (Lipinski definition) is 5. The third-order valence-corrected chi connectivity index (χ3v) is 7.52. The summed E-state index contributed by atoms with van der Waals surface area (Å²) in [5.41, 5.74) is 3.62. The van der Waals surface area contributed by atoms with Crippen molar-refractivity contribution in [3.05, 3.63) is 72.9 Å². The molecule has 0 unspecified atom stereocenters. The maximum atomic E-state index is 12.8. The molecule has 0 amide bonds. The van der Waals surface area contributed by atoms with Gasteiger partial charge >= 0.3 is 0 Å². The second kappa shape index (κ2) is 11.0. The van der Waals surface area contributed by atoms with Crippen molar-refractivity contribution in [2.75, 3.05) is 46.4 Å². The summed E-state index contributed by atoms with van der Waals surface area (Å²) in [6.07, 6.45) is 2.30. The summed E-state index contributed by atoms with van der Waals surface area (Å²) in [7, 11) is -1.91. The second-order valence-corrected chi connectivity index (χ2v) is 9.89. The maximum absolute atomic E-state index is 12.8. The number of benzene rings is 2. The number of H-pyrrole nitrogens is 1. The molecular formula is C25H31N5O3S. The fraction of sp³-hybridized carbons (Fsp3) is 0.320. The van der Waals surface area contributed by atoms with Crippen molar-refractivity contribution in [3.63, 3.8) is 0 Å². The Morgan fingerprint density at radius 2 is 1.76 bits per heavy atom. The molecule has 1 aromatic heterocycles. The molecule has 0 atom stereocenters. The summed E-state index contributed by atoms with van der Waals surface area (Å²) < 4.78 is 35.2. The van der Waals surface area contributed by atoms with Crippen molar-refractivity contribution < 1.29 is 13.2 Å². The van der Waals surface area contributed by atoms with Crippen LogP contribution in [0, 0.1) is 0 Å². The standard InChI is InChI=1S/C25H31N5O3S/c1-3-15-29-16-18-30(19-17-29)34(31,32)26-14-13-23-24(20-9-11-22(33-2)12-10-20)28-25(27-23)21-7-5-4-6-8-21/h3-12,26H,1,13-19H2,2H3,(H,27,28). The highest BCUT2D eigenvalue weighted by atomic mass is 32.2. The molecule has 0 bridgehead atoms. The Kier molecular flexibility index (Phi) is 7.79. The molecule has 2 N–H and O–H groups in total. The zero-order valence-electron chi connectivity index (χ0n) is 19.4. The fourth-order valence-corrected chi connectivity index (χ4v) is 5.23. The van der Waals surface area contributed by atoms with Gasteiger partial charge in [0.05, 0.1) is 18.5 Å². The molecule has 0 spiro atoms. The number of ether oxygens (including phenoxy) is 1. The minimum atomic E-state index is -3.55. The molecule has 1 saturated heterocycles. The Morgan fingerprint density at radius 1 is 1.06 bits per heavy atom. The smallest absolute Gasteiger partial charge is 0.279 e. The van der Waals surface area contributed by atoms with Crippen LogP contribution in [0.15, 0.2) is 67.3 Å². The van der Waals surface area contributed by atoms with E-state index >= 15 is 0 Å². The Bertz CT molecular complexity index is 1190. The van der Waals surface area contributed by atoms with Crippen LogP contribution in [0.5, 0.6) is 5.75 Å². The molecule has 1 aliphatic rings. The molecule has 9 heteroatoms. The normalized spacial score (nSPS) is 15.3. The first-order valence-corrected chi connectivity index (χ1v) is 12.8. The van der Waals surface area contributed by atoms with Crippen LogP contribution in [0.4, 0.5) is 0 Å². The average molecular weight is 482 g/mol. The third kappa shape index (κ3) is 5.74. The predicted molar refractivity (Wildman–Crippen MR) is 135 cm³/mol. The number of rotatable bonds is 10. The summed E-state index contributed by atoms with van der Waals surface area (Å²) in [6.45, 7) is 7.14. The fourth-order valence-electron chi connectivity index (χ4n) is 4.04. The largest absolute Gasteiger partial charge is 0.497 e. The summed E-state index contributed by atoms with van der Waals surface area (Å²) in [6, 6.07) is 17.6. The highest BCUT2D eigenvalue weighted by molar-refractivity contribution is 7.87. The zero-order valence-corrected chi connectivity index (χ0v) is 20.2. The van der Waals surface area contributed by atoms with Gasteiger partial charge in [-0.25, -0.2) is 9.71 Å². The highest BCUT2D eigenvalue weighted by Crippen LogP contribution is 2.28. The molecule has 0 aliphatic carbocycles. The van der Waals surface area contributed by atoms with Gasteiger partial charge in [0.2, 0.25) is 0 Å². The molecule has 8 nitrogen and oxygen atoms in total. The van der Waals surface area contributed by atoms with Crippen LogP contribution in [-0.2, 0) is 16.6 Å². The van der Waals surface area contributed by atoms with Gasteiger partial charge in [0.1, 0.15) is 11.6 Å². The van der Waals surface area contributed by atoms with E-state index in [1.165, 1.54) is 4.31 Å². The van der Waals surface area contributed by atoms with Crippen LogP contribution in [0.25, 0.3) is 22.6 Å². The van der Waals surface area contributed by atoms with Gasteiger partial charge in [0.25, 0.3) is 10.2 Å². The number of imidazole rings is 1. The average Bonchev–Trinajstić information content (AvgIpc) is 3.29. The van der Waals surface area contributed by atoms with Gasteiger partial charge in [-0.1, -0.05) is 36.4 Å². The Hall–Kier alpha value is -2.98. The van der Waals surface area contributed by atoms with Gasteiger partial charge in [0.15, 0.2) is 0 Å². The molecule has 34 heavy (non-hydrogen) atoms. The van der Waals surface area contributed by atoms with Crippen molar-refractivity contribution in [2.24, 2.45) is 0 Å². The van der Waals surface area contributed by atoms with Gasteiger partial charge in [-0.2, -0.15) is 12.7 Å².